The molecule has 31 heavy (non-hydrogen) atoms. The van der Waals surface area contributed by atoms with Crippen molar-refractivity contribution in [1.29, 1.82) is 0 Å². The zero-order valence-electron chi connectivity index (χ0n) is 18.2. The third kappa shape index (κ3) is 7.54. The van der Waals surface area contributed by atoms with Gasteiger partial charge in [-0.2, -0.15) is 0 Å². The van der Waals surface area contributed by atoms with Crippen molar-refractivity contribution < 1.29 is 14.0 Å². The first-order valence-electron chi connectivity index (χ1n) is 10.5. The lowest BCUT2D eigenvalue weighted by Crippen LogP contribution is -2.51. The van der Waals surface area contributed by atoms with Crippen molar-refractivity contribution in [3.8, 4) is 0 Å². The van der Waals surface area contributed by atoms with Crippen LogP contribution in [0.3, 0.4) is 0 Å². The highest BCUT2D eigenvalue weighted by Gasteiger charge is 2.29. The van der Waals surface area contributed by atoms with Crippen LogP contribution in [0.1, 0.15) is 44.7 Å². The minimum atomic E-state index is -0.570. The van der Waals surface area contributed by atoms with Crippen molar-refractivity contribution in [3.63, 3.8) is 0 Å². The van der Waals surface area contributed by atoms with Crippen LogP contribution in [0, 0.1) is 5.82 Å². The third-order valence-corrected chi connectivity index (χ3v) is 6.41. The summed E-state index contributed by atoms with van der Waals surface area (Å²) < 4.78 is 14.0. The number of halogens is 2. The molecule has 2 amide bonds. The van der Waals surface area contributed by atoms with Crippen LogP contribution in [-0.2, 0) is 21.9 Å². The number of hydrogen-bond acceptors (Lipinski definition) is 3. The van der Waals surface area contributed by atoms with Crippen LogP contribution < -0.4 is 5.32 Å². The highest BCUT2D eigenvalue weighted by atomic mass is 35.5. The predicted octanol–water partition coefficient (Wildman–Crippen LogP) is 5.43. The smallest absolute Gasteiger partial charge is 0.243 e. The van der Waals surface area contributed by atoms with E-state index in [1.165, 1.54) is 17.8 Å². The van der Waals surface area contributed by atoms with E-state index in [1.54, 1.807) is 17.0 Å². The lowest BCUT2D eigenvalue weighted by atomic mass is 10.1. The van der Waals surface area contributed by atoms with Gasteiger partial charge in [-0.25, -0.2) is 4.39 Å². The summed E-state index contributed by atoms with van der Waals surface area (Å²) in [6.45, 7) is 6.19. The average molecular weight is 465 g/mol. The molecular weight excluding hydrogens is 435 g/mol. The van der Waals surface area contributed by atoms with Crippen LogP contribution in [0.15, 0.2) is 48.5 Å². The summed E-state index contributed by atoms with van der Waals surface area (Å²) in [6, 6.07) is 13.6. The van der Waals surface area contributed by atoms with Crippen LogP contribution in [0.5, 0.6) is 0 Å². The topological polar surface area (TPSA) is 49.4 Å². The van der Waals surface area contributed by atoms with Crippen molar-refractivity contribution in [2.24, 2.45) is 0 Å². The molecule has 0 fully saturated rings. The summed E-state index contributed by atoms with van der Waals surface area (Å²) in [7, 11) is 0. The van der Waals surface area contributed by atoms with Gasteiger partial charge in [0.2, 0.25) is 11.8 Å². The predicted molar refractivity (Wildman–Crippen MR) is 127 cm³/mol. The number of nitrogens with one attached hydrogen (secondary N) is 1. The molecule has 0 aliphatic carbocycles. The molecule has 2 rings (SSSR count). The Kier molecular flexibility index (Phi) is 10.3. The molecule has 1 N–H and O–H groups in total. The summed E-state index contributed by atoms with van der Waals surface area (Å²) in [6.07, 6.45) is 1.32. The summed E-state index contributed by atoms with van der Waals surface area (Å²) in [5.74, 6) is -0.277. The summed E-state index contributed by atoms with van der Waals surface area (Å²) in [5, 5.41) is 3.34. The number of hydrogen-bond donors (Lipinski definition) is 1. The Morgan fingerprint density at radius 1 is 1.10 bits per heavy atom. The largest absolute Gasteiger partial charge is 0.352 e. The Labute approximate surface area is 193 Å². The van der Waals surface area contributed by atoms with E-state index < -0.39 is 6.04 Å². The van der Waals surface area contributed by atoms with Gasteiger partial charge in [0.25, 0.3) is 0 Å². The van der Waals surface area contributed by atoms with E-state index in [0.717, 1.165) is 12.0 Å². The molecule has 0 saturated heterocycles. The zero-order chi connectivity index (χ0) is 22.8. The SMILES string of the molecule is CC[C@@H](C)NC(=O)[C@@H](CC)N(Cc1ccccc1)C(=O)CSCc1c(F)cccc1Cl. The van der Waals surface area contributed by atoms with Crippen molar-refractivity contribution in [2.75, 3.05) is 5.75 Å². The maximum absolute atomic E-state index is 14.0. The van der Waals surface area contributed by atoms with Gasteiger partial charge in [-0.05, 0) is 37.5 Å². The minimum absolute atomic E-state index is 0.0350. The Hall–Kier alpha value is -2.05. The van der Waals surface area contributed by atoms with Crippen LogP contribution in [0.4, 0.5) is 4.39 Å². The minimum Gasteiger partial charge on any atom is -0.352 e. The van der Waals surface area contributed by atoms with Crippen LogP contribution in [0.2, 0.25) is 5.02 Å². The van der Waals surface area contributed by atoms with E-state index >= 15 is 0 Å². The van der Waals surface area contributed by atoms with E-state index in [0.29, 0.717) is 23.6 Å². The Balaban J connectivity index is 2.14. The van der Waals surface area contributed by atoms with E-state index in [1.807, 2.05) is 51.1 Å². The van der Waals surface area contributed by atoms with Gasteiger partial charge in [0.05, 0.1) is 5.75 Å². The van der Waals surface area contributed by atoms with Crippen LogP contribution in [-0.4, -0.2) is 34.6 Å². The lowest BCUT2D eigenvalue weighted by molar-refractivity contribution is -0.139. The zero-order valence-corrected chi connectivity index (χ0v) is 19.8. The number of carbonyl (C=O) groups is 2. The number of benzene rings is 2. The van der Waals surface area contributed by atoms with Gasteiger partial charge in [0, 0.05) is 28.9 Å². The van der Waals surface area contributed by atoms with Gasteiger partial charge in [-0.3, -0.25) is 9.59 Å². The van der Waals surface area contributed by atoms with Gasteiger partial charge >= 0.3 is 0 Å². The molecule has 7 heteroatoms. The molecule has 0 aromatic heterocycles. The standard InChI is InChI=1S/C24H30ClFN2O2S/c1-4-17(3)27-24(30)22(5-2)28(14-18-10-7-6-8-11-18)23(29)16-31-15-19-20(25)12-9-13-21(19)26/h6-13,17,22H,4-5,14-16H2,1-3H3,(H,27,30)/t17-,22-/m1/s1. The van der Waals surface area contributed by atoms with Gasteiger partial charge in [-0.1, -0.05) is 61.8 Å². The normalized spacial score (nSPS) is 12.8. The second kappa shape index (κ2) is 12.7. The second-order valence-electron chi connectivity index (χ2n) is 7.44. The molecule has 0 aliphatic rings. The van der Waals surface area contributed by atoms with Crippen molar-refractivity contribution >= 4 is 35.2 Å². The number of nitrogens with zero attached hydrogens (tertiary/aromatic N) is 1. The molecule has 168 valence electrons. The van der Waals surface area contributed by atoms with Gasteiger partial charge in [0.1, 0.15) is 11.9 Å². The van der Waals surface area contributed by atoms with Gasteiger partial charge < -0.3 is 10.2 Å². The van der Waals surface area contributed by atoms with E-state index in [4.69, 9.17) is 11.6 Å². The highest BCUT2D eigenvalue weighted by Crippen LogP contribution is 2.24. The summed E-state index contributed by atoms with van der Waals surface area (Å²) in [5.41, 5.74) is 1.34. The first-order chi connectivity index (χ1) is 14.9. The molecule has 0 heterocycles. The first-order valence-corrected chi connectivity index (χ1v) is 12.0. The molecule has 2 atom stereocenters. The van der Waals surface area contributed by atoms with Gasteiger partial charge in [0.15, 0.2) is 0 Å². The van der Waals surface area contributed by atoms with E-state index in [2.05, 4.69) is 5.32 Å². The molecule has 4 nitrogen and oxygen atoms in total. The fourth-order valence-electron chi connectivity index (χ4n) is 3.13. The fourth-order valence-corrected chi connectivity index (χ4v) is 4.38. The average Bonchev–Trinajstić information content (AvgIpc) is 2.76. The molecule has 0 spiro atoms. The third-order valence-electron chi connectivity index (χ3n) is 5.12. The maximum Gasteiger partial charge on any atom is 0.243 e. The van der Waals surface area contributed by atoms with E-state index in [9.17, 15) is 14.0 Å². The molecule has 2 aromatic rings. The Morgan fingerprint density at radius 2 is 1.81 bits per heavy atom. The molecule has 0 aliphatic heterocycles. The van der Waals surface area contributed by atoms with Gasteiger partial charge in [-0.15, -0.1) is 11.8 Å². The van der Waals surface area contributed by atoms with E-state index in [-0.39, 0.29) is 35.2 Å². The maximum atomic E-state index is 14.0. The van der Waals surface area contributed by atoms with Crippen LogP contribution in [0.25, 0.3) is 0 Å². The summed E-state index contributed by atoms with van der Waals surface area (Å²) in [4.78, 5) is 27.7. The molecule has 0 unspecified atom stereocenters. The molecule has 0 saturated carbocycles. The second-order valence-corrected chi connectivity index (χ2v) is 8.83. The summed E-state index contributed by atoms with van der Waals surface area (Å²) >= 11 is 7.38. The quantitative estimate of drug-likeness (QED) is 0.482. The Bertz CT molecular complexity index is 846. The molecule has 0 bridgehead atoms. The lowest BCUT2D eigenvalue weighted by Gasteiger charge is -2.31. The molecular formula is C24H30ClFN2O2S. The number of amides is 2. The highest BCUT2D eigenvalue weighted by molar-refractivity contribution is 7.99. The van der Waals surface area contributed by atoms with Crippen molar-refractivity contribution in [3.05, 3.63) is 70.5 Å². The Morgan fingerprint density at radius 3 is 2.42 bits per heavy atom. The first kappa shape index (κ1) is 25.2. The fraction of sp³-hybridized carbons (Fsp3) is 0.417. The molecule has 0 radical (unpaired) electrons. The number of rotatable bonds is 11. The monoisotopic (exact) mass is 464 g/mol. The molecule has 2 aromatic carbocycles. The number of carbonyl (C=O) groups excluding carboxylic acids is 2. The van der Waals surface area contributed by atoms with Crippen LogP contribution >= 0.6 is 23.4 Å². The number of thioether (sulfide) groups is 1. The van der Waals surface area contributed by atoms with Crippen molar-refractivity contribution in [2.45, 2.75) is 58.0 Å². The van der Waals surface area contributed by atoms with Crippen molar-refractivity contribution in [1.82, 2.24) is 10.2 Å².